The van der Waals surface area contributed by atoms with Gasteiger partial charge in [0.15, 0.2) is 17.3 Å². The maximum absolute atomic E-state index is 13.6. The summed E-state index contributed by atoms with van der Waals surface area (Å²) in [7, 11) is 1.18. The number of esters is 1. The summed E-state index contributed by atoms with van der Waals surface area (Å²) in [6.45, 7) is 0. The largest absolute Gasteiger partial charge is 0.464 e. The van der Waals surface area contributed by atoms with E-state index in [1.165, 1.54) is 25.3 Å². The molecule has 1 heterocycles. The van der Waals surface area contributed by atoms with Gasteiger partial charge in [-0.1, -0.05) is 15.9 Å². The number of rotatable bonds is 3. The number of nitrogens with two attached hydrogens (primary N) is 1. The standard InChI is InChI=1S/C13H9BrF2N2O3/c1-20-13(19)9-3-2-8(17)12(18-9)21-10-5-6(14)4-7(15)11(10)16/h2-5H,17H2,1H3. The van der Waals surface area contributed by atoms with Crippen LogP contribution >= 0.6 is 15.9 Å². The van der Waals surface area contributed by atoms with Gasteiger partial charge in [-0.2, -0.15) is 4.39 Å². The summed E-state index contributed by atoms with van der Waals surface area (Å²) in [6, 6.07) is 4.83. The van der Waals surface area contributed by atoms with Gasteiger partial charge < -0.3 is 15.2 Å². The quantitative estimate of drug-likeness (QED) is 0.673. The number of anilines is 1. The second-order valence-electron chi connectivity index (χ2n) is 3.88. The van der Waals surface area contributed by atoms with Crippen molar-refractivity contribution in [3.63, 3.8) is 0 Å². The average molecular weight is 359 g/mol. The highest BCUT2D eigenvalue weighted by Gasteiger charge is 2.16. The van der Waals surface area contributed by atoms with E-state index in [4.69, 9.17) is 10.5 Å². The van der Waals surface area contributed by atoms with Gasteiger partial charge >= 0.3 is 5.97 Å². The Bertz CT molecular complexity index is 710. The second-order valence-corrected chi connectivity index (χ2v) is 4.80. The van der Waals surface area contributed by atoms with Crippen molar-refractivity contribution in [3.8, 4) is 11.6 Å². The lowest BCUT2D eigenvalue weighted by molar-refractivity contribution is 0.0593. The Labute approximate surface area is 126 Å². The smallest absolute Gasteiger partial charge is 0.356 e. The number of pyridine rings is 1. The Morgan fingerprint density at radius 3 is 2.71 bits per heavy atom. The first-order valence-electron chi connectivity index (χ1n) is 5.59. The zero-order valence-corrected chi connectivity index (χ0v) is 12.3. The summed E-state index contributed by atoms with van der Waals surface area (Å²) >= 11 is 3.02. The molecular weight excluding hydrogens is 350 g/mol. The van der Waals surface area contributed by atoms with E-state index >= 15 is 0 Å². The summed E-state index contributed by atoms with van der Waals surface area (Å²) < 4.78 is 36.9. The third-order valence-corrected chi connectivity index (χ3v) is 2.91. The number of halogens is 3. The molecule has 0 saturated carbocycles. The van der Waals surface area contributed by atoms with Crippen LogP contribution in [0.2, 0.25) is 0 Å². The van der Waals surface area contributed by atoms with Gasteiger partial charge in [-0.15, -0.1) is 0 Å². The number of ether oxygens (including phenoxy) is 2. The van der Waals surface area contributed by atoms with Crippen LogP contribution in [-0.4, -0.2) is 18.1 Å². The van der Waals surface area contributed by atoms with Crippen molar-refractivity contribution in [2.24, 2.45) is 0 Å². The van der Waals surface area contributed by atoms with Gasteiger partial charge in [0.1, 0.15) is 0 Å². The third-order valence-electron chi connectivity index (χ3n) is 2.45. The molecule has 2 N–H and O–H groups in total. The highest BCUT2D eigenvalue weighted by atomic mass is 79.9. The van der Waals surface area contributed by atoms with Gasteiger partial charge in [0.25, 0.3) is 0 Å². The molecule has 0 saturated heterocycles. The molecule has 0 aliphatic rings. The molecule has 1 aromatic heterocycles. The zero-order valence-electron chi connectivity index (χ0n) is 10.7. The molecule has 0 atom stereocenters. The van der Waals surface area contributed by atoms with Crippen molar-refractivity contribution in [1.29, 1.82) is 0 Å². The number of hydrogen-bond donors (Lipinski definition) is 1. The summed E-state index contributed by atoms with van der Waals surface area (Å²) in [4.78, 5) is 15.2. The lowest BCUT2D eigenvalue weighted by Gasteiger charge is -2.10. The zero-order chi connectivity index (χ0) is 15.6. The lowest BCUT2D eigenvalue weighted by Crippen LogP contribution is -2.06. The maximum atomic E-state index is 13.6. The molecule has 110 valence electrons. The van der Waals surface area contributed by atoms with Crippen LogP contribution in [0.15, 0.2) is 28.7 Å². The van der Waals surface area contributed by atoms with Gasteiger partial charge in [0, 0.05) is 4.47 Å². The van der Waals surface area contributed by atoms with Crippen LogP contribution in [0, 0.1) is 11.6 Å². The van der Waals surface area contributed by atoms with E-state index in [0.717, 1.165) is 6.07 Å². The molecule has 0 bridgehead atoms. The molecule has 21 heavy (non-hydrogen) atoms. The molecule has 0 aliphatic heterocycles. The Balaban J connectivity index is 2.42. The summed E-state index contributed by atoms with van der Waals surface area (Å²) in [5.74, 6) is -3.64. The van der Waals surface area contributed by atoms with Gasteiger partial charge in [-0.05, 0) is 24.3 Å². The number of methoxy groups -OCH3 is 1. The molecule has 5 nitrogen and oxygen atoms in total. The Kier molecular flexibility index (Phi) is 4.37. The number of benzene rings is 1. The highest BCUT2D eigenvalue weighted by molar-refractivity contribution is 9.10. The summed E-state index contributed by atoms with van der Waals surface area (Å²) in [5.41, 5.74) is 5.62. The predicted molar refractivity (Wildman–Crippen MR) is 74.1 cm³/mol. The SMILES string of the molecule is COC(=O)c1ccc(N)c(Oc2cc(Br)cc(F)c2F)n1. The molecule has 0 amide bonds. The van der Waals surface area contributed by atoms with E-state index in [9.17, 15) is 13.6 Å². The van der Waals surface area contributed by atoms with Crippen molar-refractivity contribution < 1.29 is 23.0 Å². The van der Waals surface area contributed by atoms with Crippen LogP contribution in [0.25, 0.3) is 0 Å². The van der Waals surface area contributed by atoms with Gasteiger partial charge in [0.2, 0.25) is 11.7 Å². The molecule has 0 aliphatic carbocycles. The van der Waals surface area contributed by atoms with E-state index in [2.05, 4.69) is 25.7 Å². The van der Waals surface area contributed by atoms with Gasteiger partial charge in [-0.3, -0.25) is 0 Å². The van der Waals surface area contributed by atoms with E-state index < -0.39 is 23.4 Å². The first kappa shape index (κ1) is 15.2. The fraction of sp³-hybridized carbons (Fsp3) is 0.0769. The van der Waals surface area contributed by atoms with E-state index in [-0.39, 0.29) is 21.7 Å². The molecular formula is C13H9BrF2N2O3. The van der Waals surface area contributed by atoms with Crippen LogP contribution in [0.1, 0.15) is 10.5 Å². The first-order chi connectivity index (χ1) is 9.92. The maximum Gasteiger partial charge on any atom is 0.356 e. The Morgan fingerprint density at radius 2 is 2.05 bits per heavy atom. The number of nitrogens with zero attached hydrogens (tertiary/aromatic N) is 1. The van der Waals surface area contributed by atoms with Crippen molar-refractivity contribution in [1.82, 2.24) is 4.98 Å². The van der Waals surface area contributed by atoms with E-state index in [1.807, 2.05) is 0 Å². The minimum absolute atomic E-state index is 0.0578. The molecule has 0 fully saturated rings. The molecule has 2 rings (SSSR count). The molecule has 0 unspecified atom stereocenters. The molecule has 2 aromatic rings. The molecule has 1 aromatic carbocycles. The Morgan fingerprint density at radius 1 is 1.33 bits per heavy atom. The van der Waals surface area contributed by atoms with Crippen molar-refractivity contribution >= 4 is 27.6 Å². The molecule has 0 radical (unpaired) electrons. The van der Waals surface area contributed by atoms with Crippen LogP contribution in [0.3, 0.4) is 0 Å². The van der Waals surface area contributed by atoms with Gasteiger partial charge in [0.05, 0.1) is 12.8 Å². The van der Waals surface area contributed by atoms with Crippen LogP contribution in [0.4, 0.5) is 14.5 Å². The number of hydrogen-bond acceptors (Lipinski definition) is 5. The van der Waals surface area contributed by atoms with E-state index in [1.54, 1.807) is 0 Å². The van der Waals surface area contributed by atoms with Crippen LogP contribution in [0.5, 0.6) is 11.6 Å². The third kappa shape index (κ3) is 3.27. The monoisotopic (exact) mass is 358 g/mol. The van der Waals surface area contributed by atoms with Crippen molar-refractivity contribution in [3.05, 3.63) is 46.1 Å². The van der Waals surface area contributed by atoms with Crippen molar-refractivity contribution in [2.75, 3.05) is 12.8 Å². The van der Waals surface area contributed by atoms with Crippen LogP contribution in [-0.2, 0) is 4.74 Å². The second kappa shape index (κ2) is 6.04. The lowest BCUT2D eigenvalue weighted by atomic mass is 10.3. The number of carbonyl (C=O) groups is 1. The number of aromatic nitrogens is 1. The van der Waals surface area contributed by atoms with Crippen LogP contribution < -0.4 is 10.5 Å². The minimum atomic E-state index is -1.19. The van der Waals surface area contributed by atoms with E-state index in [0.29, 0.717) is 0 Å². The highest BCUT2D eigenvalue weighted by Crippen LogP contribution is 2.31. The van der Waals surface area contributed by atoms with Gasteiger partial charge in [-0.25, -0.2) is 14.2 Å². The normalized spacial score (nSPS) is 10.3. The Hall–Kier alpha value is -2.22. The molecule has 8 heteroatoms. The summed E-state index contributed by atoms with van der Waals surface area (Å²) in [6.07, 6.45) is 0. The predicted octanol–water partition coefficient (Wildman–Crippen LogP) is 3.28. The topological polar surface area (TPSA) is 74.4 Å². The fourth-order valence-corrected chi connectivity index (χ4v) is 1.87. The minimum Gasteiger partial charge on any atom is -0.464 e. The average Bonchev–Trinajstić information content (AvgIpc) is 2.45. The first-order valence-corrected chi connectivity index (χ1v) is 6.39. The molecule has 0 spiro atoms. The number of nitrogen functional groups attached to an aromatic ring is 1. The number of carbonyl (C=O) groups excluding carboxylic acids is 1. The van der Waals surface area contributed by atoms with Crippen molar-refractivity contribution in [2.45, 2.75) is 0 Å². The fourth-order valence-electron chi connectivity index (χ4n) is 1.46. The summed E-state index contributed by atoms with van der Waals surface area (Å²) in [5, 5.41) is 0.